The Labute approximate surface area is 114 Å². The Bertz CT molecular complexity index is 402. The van der Waals surface area contributed by atoms with Gasteiger partial charge in [-0.15, -0.1) is 0 Å². The third-order valence-electron chi connectivity index (χ3n) is 2.46. The summed E-state index contributed by atoms with van der Waals surface area (Å²) in [6.45, 7) is 4.63. The van der Waals surface area contributed by atoms with Crippen LogP contribution in [0.2, 0.25) is 0 Å². The van der Waals surface area contributed by atoms with Crippen LogP contribution < -0.4 is 15.8 Å². The third-order valence-corrected chi connectivity index (χ3v) is 2.46. The summed E-state index contributed by atoms with van der Waals surface area (Å²) in [6, 6.07) is 7.08. The monoisotopic (exact) mass is 266 g/mol. The number of anilines is 1. The molecule has 0 spiro atoms. The number of rotatable bonds is 7. The Morgan fingerprint density at radius 1 is 1.32 bits per heavy atom. The van der Waals surface area contributed by atoms with Crippen LogP contribution in [-0.2, 0) is 9.53 Å². The van der Waals surface area contributed by atoms with Crippen LogP contribution in [0.4, 0.5) is 5.69 Å². The van der Waals surface area contributed by atoms with Crippen molar-refractivity contribution in [3.05, 3.63) is 24.3 Å². The van der Waals surface area contributed by atoms with Crippen LogP contribution in [0, 0.1) is 0 Å². The molecule has 0 unspecified atom stereocenters. The number of ether oxygens (including phenoxy) is 2. The molecule has 106 valence electrons. The Kier molecular flexibility index (Phi) is 5.63. The number of nitrogens with two attached hydrogens (primary N) is 1. The Balaban J connectivity index is 2.29. The zero-order chi connectivity index (χ0) is 14.3. The number of carbonyl (C=O) groups is 1. The fraction of sp³-hybridized carbons (Fsp3) is 0.500. The van der Waals surface area contributed by atoms with E-state index in [1.165, 1.54) is 0 Å². The highest BCUT2D eigenvalue weighted by atomic mass is 16.5. The van der Waals surface area contributed by atoms with E-state index in [4.69, 9.17) is 15.2 Å². The van der Waals surface area contributed by atoms with Crippen LogP contribution in [0.25, 0.3) is 0 Å². The molecule has 0 aliphatic heterocycles. The van der Waals surface area contributed by atoms with Gasteiger partial charge in [-0.05, 0) is 38.1 Å². The van der Waals surface area contributed by atoms with Gasteiger partial charge in [0, 0.05) is 12.8 Å². The van der Waals surface area contributed by atoms with E-state index < -0.39 is 0 Å². The number of nitrogens with one attached hydrogen (secondary N) is 1. The first-order chi connectivity index (χ1) is 8.93. The minimum atomic E-state index is -0.368. The molecule has 0 aliphatic rings. The topological polar surface area (TPSA) is 73.6 Å². The molecule has 0 heterocycles. The van der Waals surface area contributed by atoms with Gasteiger partial charge in [-0.2, -0.15) is 0 Å². The first kappa shape index (κ1) is 15.3. The highest BCUT2D eigenvalue weighted by molar-refractivity contribution is 5.76. The average Bonchev–Trinajstić information content (AvgIpc) is 2.30. The van der Waals surface area contributed by atoms with Crippen LogP contribution in [-0.4, -0.2) is 31.8 Å². The predicted octanol–water partition coefficient (Wildman–Crippen LogP) is 1.58. The van der Waals surface area contributed by atoms with Crippen molar-refractivity contribution in [1.82, 2.24) is 5.32 Å². The number of benzene rings is 1. The molecule has 0 fully saturated rings. The van der Waals surface area contributed by atoms with Gasteiger partial charge in [0.25, 0.3) is 0 Å². The van der Waals surface area contributed by atoms with Gasteiger partial charge in [0.2, 0.25) is 5.91 Å². The Hall–Kier alpha value is -1.75. The van der Waals surface area contributed by atoms with E-state index in [1.54, 1.807) is 31.4 Å². The third kappa shape index (κ3) is 6.10. The number of methoxy groups -OCH3 is 1. The molecule has 0 bridgehead atoms. The van der Waals surface area contributed by atoms with E-state index in [2.05, 4.69) is 5.32 Å². The molecule has 1 rings (SSSR count). The first-order valence-electron chi connectivity index (χ1n) is 6.21. The fourth-order valence-electron chi connectivity index (χ4n) is 1.66. The Morgan fingerprint density at radius 2 is 1.95 bits per heavy atom. The standard InChI is InChI=1S/C14H22N2O3/c1-14(2,10-18-3)16-13(17)8-9-19-12-6-4-11(15)5-7-12/h4-7H,8-10,15H2,1-3H3,(H,16,17). The molecule has 0 aliphatic carbocycles. The maximum absolute atomic E-state index is 11.7. The number of hydrogen-bond donors (Lipinski definition) is 2. The molecule has 3 N–H and O–H groups in total. The second-order valence-electron chi connectivity index (χ2n) is 5.03. The highest BCUT2D eigenvalue weighted by Crippen LogP contribution is 2.13. The van der Waals surface area contributed by atoms with Gasteiger partial charge in [0.15, 0.2) is 0 Å². The van der Waals surface area contributed by atoms with Crippen LogP contribution in [0.5, 0.6) is 5.75 Å². The van der Waals surface area contributed by atoms with Crippen molar-refractivity contribution in [2.75, 3.05) is 26.1 Å². The lowest BCUT2D eigenvalue weighted by Crippen LogP contribution is -2.47. The fourth-order valence-corrected chi connectivity index (χ4v) is 1.66. The van der Waals surface area contributed by atoms with Crippen molar-refractivity contribution in [1.29, 1.82) is 0 Å². The number of amides is 1. The van der Waals surface area contributed by atoms with Crippen LogP contribution in [0.3, 0.4) is 0 Å². The normalized spacial score (nSPS) is 11.1. The average molecular weight is 266 g/mol. The molecular weight excluding hydrogens is 244 g/mol. The van der Waals surface area contributed by atoms with Crippen molar-refractivity contribution in [2.45, 2.75) is 25.8 Å². The van der Waals surface area contributed by atoms with Gasteiger partial charge < -0.3 is 20.5 Å². The van der Waals surface area contributed by atoms with E-state index in [0.717, 1.165) is 0 Å². The lowest BCUT2D eigenvalue weighted by atomic mass is 10.1. The van der Waals surface area contributed by atoms with Crippen molar-refractivity contribution >= 4 is 11.6 Å². The molecule has 0 saturated heterocycles. The zero-order valence-electron chi connectivity index (χ0n) is 11.7. The minimum Gasteiger partial charge on any atom is -0.493 e. The number of nitrogen functional groups attached to an aromatic ring is 1. The maximum atomic E-state index is 11.7. The van der Waals surface area contributed by atoms with Crippen molar-refractivity contribution < 1.29 is 14.3 Å². The van der Waals surface area contributed by atoms with Gasteiger partial charge in [-0.1, -0.05) is 0 Å². The first-order valence-corrected chi connectivity index (χ1v) is 6.21. The smallest absolute Gasteiger partial charge is 0.223 e. The lowest BCUT2D eigenvalue weighted by Gasteiger charge is -2.25. The van der Waals surface area contributed by atoms with Gasteiger partial charge >= 0.3 is 0 Å². The van der Waals surface area contributed by atoms with E-state index in [1.807, 2.05) is 13.8 Å². The molecular formula is C14H22N2O3. The second kappa shape index (κ2) is 6.99. The molecule has 0 aromatic heterocycles. The highest BCUT2D eigenvalue weighted by Gasteiger charge is 2.19. The number of carbonyl (C=O) groups excluding carboxylic acids is 1. The SMILES string of the molecule is COCC(C)(C)NC(=O)CCOc1ccc(N)cc1. The summed E-state index contributed by atoms with van der Waals surface area (Å²) in [5, 5.41) is 2.89. The minimum absolute atomic E-state index is 0.0579. The van der Waals surface area contributed by atoms with Crippen molar-refractivity contribution in [3.8, 4) is 5.75 Å². The van der Waals surface area contributed by atoms with E-state index in [9.17, 15) is 4.79 Å². The van der Waals surface area contributed by atoms with E-state index in [0.29, 0.717) is 31.1 Å². The maximum Gasteiger partial charge on any atom is 0.223 e. The molecule has 1 amide bonds. The number of hydrogen-bond acceptors (Lipinski definition) is 4. The largest absolute Gasteiger partial charge is 0.493 e. The molecule has 0 radical (unpaired) electrons. The summed E-state index contributed by atoms with van der Waals surface area (Å²) < 4.78 is 10.5. The predicted molar refractivity (Wildman–Crippen MR) is 75.1 cm³/mol. The quantitative estimate of drug-likeness (QED) is 0.735. The zero-order valence-corrected chi connectivity index (χ0v) is 11.7. The van der Waals surface area contributed by atoms with Crippen LogP contribution in [0.15, 0.2) is 24.3 Å². The summed E-state index contributed by atoms with van der Waals surface area (Å²) >= 11 is 0. The summed E-state index contributed by atoms with van der Waals surface area (Å²) in [4.78, 5) is 11.7. The molecule has 1 aromatic rings. The van der Waals surface area contributed by atoms with Crippen LogP contribution >= 0.6 is 0 Å². The second-order valence-corrected chi connectivity index (χ2v) is 5.03. The van der Waals surface area contributed by atoms with Crippen molar-refractivity contribution in [3.63, 3.8) is 0 Å². The summed E-state index contributed by atoms with van der Waals surface area (Å²) in [5.41, 5.74) is 5.89. The summed E-state index contributed by atoms with van der Waals surface area (Å²) in [6.07, 6.45) is 0.303. The van der Waals surface area contributed by atoms with Gasteiger partial charge in [0.05, 0.1) is 25.2 Å². The molecule has 19 heavy (non-hydrogen) atoms. The summed E-state index contributed by atoms with van der Waals surface area (Å²) in [7, 11) is 1.61. The molecule has 1 aromatic carbocycles. The molecule has 5 nitrogen and oxygen atoms in total. The van der Waals surface area contributed by atoms with Gasteiger partial charge in [-0.3, -0.25) is 4.79 Å². The van der Waals surface area contributed by atoms with Crippen molar-refractivity contribution in [2.24, 2.45) is 0 Å². The molecule has 0 atom stereocenters. The van der Waals surface area contributed by atoms with Crippen LogP contribution in [0.1, 0.15) is 20.3 Å². The summed E-state index contributed by atoms with van der Waals surface area (Å²) in [5.74, 6) is 0.649. The lowest BCUT2D eigenvalue weighted by molar-refractivity contribution is -0.123. The van der Waals surface area contributed by atoms with E-state index in [-0.39, 0.29) is 11.4 Å². The van der Waals surface area contributed by atoms with Gasteiger partial charge in [-0.25, -0.2) is 0 Å². The Morgan fingerprint density at radius 3 is 2.53 bits per heavy atom. The molecule has 0 saturated carbocycles. The molecule has 5 heteroatoms. The van der Waals surface area contributed by atoms with E-state index >= 15 is 0 Å². The van der Waals surface area contributed by atoms with Gasteiger partial charge in [0.1, 0.15) is 5.75 Å².